The van der Waals surface area contributed by atoms with Gasteiger partial charge in [0.1, 0.15) is 5.82 Å². The number of piperidine rings is 1. The van der Waals surface area contributed by atoms with Crippen molar-refractivity contribution in [3.05, 3.63) is 22.8 Å². The summed E-state index contributed by atoms with van der Waals surface area (Å²) in [5.74, 6) is 1.08. The van der Waals surface area contributed by atoms with Crippen LogP contribution in [0, 0.1) is 0 Å². The Morgan fingerprint density at radius 2 is 2.37 bits per heavy atom. The number of methoxy groups -OCH3 is 1. The van der Waals surface area contributed by atoms with Gasteiger partial charge < -0.3 is 15.0 Å². The van der Waals surface area contributed by atoms with Crippen molar-refractivity contribution in [2.75, 3.05) is 38.3 Å². The molecule has 2 rings (SSSR count). The van der Waals surface area contributed by atoms with Gasteiger partial charge in [0.15, 0.2) is 0 Å². The van der Waals surface area contributed by atoms with E-state index in [1.54, 1.807) is 7.11 Å². The molecule has 1 aliphatic rings. The molecule has 0 amide bonds. The number of hydrogen-bond acceptors (Lipinski definition) is 4. The second-order valence-corrected chi connectivity index (χ2v) is 5.79. The van der Waals surface area contributed by atoms with Gasteiger partial charge in [0.2, 0.25) is 0 Å². The van der Waals surface area contributed by atoms with Gasteiger partial charge in [-0.05, 0) is 47.3 Å². The lowest BCUT2D eigenvalue weighted by Gasteiger charge is -2.37. The lowest BCUT2D eigenvalue weighted by Crippen LogP contribution is -2.46. The van der Waals surface area contributed by atoms with Gasteiger partial charge in [-0.3, -0.25) is 0 Å². The molecule has 1 N–H and O–H groups in total. The van der Waals surface area contributed by atoms with E-state index in [9.17, 15) is 0 Å². The average molecular weight is 328 g/mol. The van der Waals surface area contributed by atoms with Crippen LogP contribution in [-0.4, -0.2) is 44.4 Å². The molecule has 1 aromatic heterocycles. The molecule has 1 atom stereocenters. The lowest BCUT2D eigenvalue weighted by molar-refractivity contribution is 0.198. The summed E-state index contributed by atoms with van der Waals surface area (Å²) in [7, 11) is 1.74. The van der Waals surface area contributed by atoms with Crippen molar-refractivity contribution in [3.8, 4) is 0 Å². The highest BCUT2D eigenvalue weighted by Crippen LogP contribution is 2.23. The van der Waals surface area contributed by atoms with Crippen molar-refractivity contribution in [1.82, 2.24) is 10.3 Å². The smallest absolute Gasteiger partial charge is 0.128 e. The second-order valence-electron chi connectivity index (χ2n) is 4.87. The van der Waals surface area contributed by atoms with Crippen LogP contribution in [0.2, 0.25) is 0 Å². The summed E-state index contributed by atoms with van der Waals surface area (Å²) < 4.78 is 6.09. The first kappa shape index (κ1) is 14.8. The predicted octanol–water partition coefficient (Wildman–Crippen LogP) is 2.44. The minimum absolute atomic E-state index is 0.541. The van der Waals surface area contributed by atoms with E-state index in [4.69, 9.17) is 4.74 Å². The molecular formula is C14H22BrN3O. The van der Waals surface area contributed by atoms with Crippen LogP contribution in [0.25, 0.3) is 0 Å². The molecule has 0 saturated carbocycles. The number of halogens is 1. The Kier molecular flexibility index (Phi) is 6.07. The minimum atomic E-state index is 0.541. The SMILES string of the molecule is COCCNCC1CCCCN1c1ccc(Br)cn1. The molecule has 0 spiro atoms. The van der Waals surface area contributed by atoms with Crippen molar-refractivity contribution in [3.63, 3.8) is 0 Å². The topological polar surface area (TPSA) is 37.4 Å². The van der Waals surface area contributed by atoms with E-state index in [2.05, 4.69) is 43.3 Å². The molecular weight excluding hydrogens is 306 g/mol. The maximum Gasteiger partial charge on any atom is 0.128 e. The fraction of sp³-hybridized carbons (Fsp3) is 0.643. The molecule has 0 aliphatic carbocycles. The van der Waals surface area contributed by atoms with Gasteiger partial charge >= 0.3 is 0 Å². The Balaban J connectivity index is 1.93. The van der Waals surface area contributed by atoms with Gasteiger partial charge in [0.25, 0.3) is 0 Å². The summed E-state index contributed by atoms with van der Waals surface area (Å²) in [6.07, 6.45) is 5.67. The first-order valence-corrected chi connectivity index (χ1v) is 7.68. The van der Waals surface area contributed by atoms with Crippen molar-refractivity contribution < 1.29 is 4.74 Å². The van der Waals surface area contributed by atoms with Crippen LogP contribution in [-0.2, 0) is 4.74 Å². The molecule has 2 heterocycles. The van der Waals surface area contributed by atoms with E-state index in [0.29, 0.717) is 6.04 Å². The molecule has 4 nitrogen and oxygen atoms in total. The Bertz CT molecular complexity index is 371. The van der Waals surface area contributed by atoms with E-state index < -0.39 is 0 Å². The van der Waals surface area contributed by atoms with Gasteiger partial charge in [0.05, 0.1) is 6.61 Å². The van der Waals surface area contributed by atoms with E-state index in [1.165, 1.54) is 19.3 Å². The van der Waals surface area contributed by atoms with E-state index in [0.717, 1.165) is 36.5 Å². The zero-order valence-electron chi connectivity index (χ0n) is 11.4. The van der Waals surface area contributed by atoms with E-state index in [-0.39, 0.29) is 0 Å². The van der Waals surface area contributed by atoms with Gasteiger partial charge in [-0.1, -0.05) is 0 Å². The van der Waals surface area contributed by atoms with Crippen molar-refractivity contribution in [1.29, 1.82) is 0 Å². The third-order valence-corrected chi connectivity index (χ3v) is 3.97. The molecule has 1 aliphatic heterocycles. The summed E-state index contributed by atoms with van der Waals surface area (Å²) in [6, 6.07) is 4.70. The van der Waals surface area contributed by atoms with Crippen molar-refractivity contribution in [2.45, 2.75) is 25.3 Å². The maximum absolute atomic E-state index is 5.06. The third-order valence-electron chi connectivity index (χ3n) is 3.50. The first-order valence-electron chi connectivity index (χ1n) is 6.89. The zero-order valence-corrected chi connectivity index (χ0v) is 13.0. The Morgan fingerprint density at radius 1 is 1.47 bits per heavy atom. The fourth-order valence-electron chi connectivity index (χ4n) is 2.50. The number of aromatic nitrogens is 1. The molecule has 5 heteroatoms. The van der Waals surface area contributed by atoms with Crippen LogP contribution in [0.15, 0.2) is 22.8 Å². The molecule has 1 saturated heterocycles. The van der Waals surface area contributed by atoms with E-state index in [1.807, 2.05) is 6.20 Å². The van der Waals surface area contributed by atoms with Crippen LogP contribution in [0.1, 0.15) is 19.3 Å². The molecule has 1 unspecified atom stereocenters. The van der Waals surface area contributed by atoms with Crippen LogP contribution >= 0.6 is 15.9 Å². The fourth-order valence-corrected chi connectivity index (χ4v) is 2.73. The molecule has 0 radical (unpaired) electrons. The first-order chi connectivity index (χ1) is 9.31. The minimum Gasteiger partial charge on any atom is -0.383 e. The van der Waals surface area contributed by atoms with E-state index >= 15 is 0 Å². The number of rotatable bonds is 6. The quantitative estimate of drug-likeness (QED) is 0.814. The molecule has 0 bridgehead atoms. The van der Waals surface area contributed by atoms with Crippen LogP contribution in [0.4, 0.5) is 5.82 Å². The Labute approximate surface area is 123 Å². The summed E-state index contributed by atoms with van der Waals surface area (Å²) in [6.45, 7) is 3.78. The Morgan fingerprint density at radius 3 is 3.11 bits per heavy atom. The number of ether oxygens (including phenoxy) is 1. The molecule has 19 heavy (non-hydrogen) atoms. The predicted molar refractivity (Wildman–Crippen MR) is 81.7 cm³/mol. The highest BCUT2D eigenvalue weighted by Gasteiger charge is 2.22. The average Bonchev–Trinajstić information content (AvgIpc) is 2.45. The van der Waals surface area contributed by atoms with Gasteiger partial charge in [-0.15, -0.1) is 0 Å². The molecule has 0 aromatic carbocycles. The number of nitrogens with zero attached hydrogens (tertiary/aromatic N) is 2. The van der Waals surface area contributed by atoms with Gasteiger partial charge in [-0.2, -0.15) is 0 Å². The largest absolute Gasteiger partial charge is 0.383 e. The summed E-state index contributed by atoms with van der Waals surface area (Å²) in [5.41, 5.74) is 0. The number of anilines is 1. The number of nitrogens with one attached hydrogen (secondary N) is 1. The van der Waals surface area contributed by atoms with Crippen molar-refractivity contribution in [2.24, 2.45) is 0 Å². The molecule has 106 valence electrons. The normalized spacial score (nSPS) is 19.7. The van der Waals surface area contributed by atoms with Crippen LogP contribution < -0.4 is 10.2 Å². The van der Waals surface area contributed by atoms with Gasteiger partial charge in [0, 0.05) is 43.5 Å². The maximum atomic E-state index is 5.06. The number of hydrogen-bond donors (Lipinski definition) is 1. The highest BCUT2D eigenvalue weighted by molar-refractivity contribution is 9.10. The van der Waals surface area contributed by atoms with Crippen molar-refractivity contribution >= 4 is 21.7 Å². The van der Waals surface area contributed by atoms with Gasteiger partial charge in [-0.25, -0.2) is 4.98 Å². The monoisotopic (exact) mass is 327 g/mol. The summed E-state index contributed by atoms with van der Waals surface area (Å²) in [4.78, 5) is 6.95. The third kappa shape index (κ3) is 4.44. The standard InChI is InChI=1S/C14H22BrN3O/c1-19-9-7-16-11-13-4-2-3-8-18(13)14-6-5-12(15)10-17-14/h5-6,10,13,16H,2-4,7-9,11H2,1H3. The Hall–Kier alpha value is -0.650. The molecule has 1 fully saturated rings. The van der Waals surface area contributed by atoms with Crippen LogP contribution in [0.3, 0.4) is 0 Å². The lowest BCUT2D eigenvalue weighted by atomic mass is 10.0. The summed E-state index contributed by atoms with van der Waals surface area (Å²) in [5, 5.41) is 3.46. The molecule has 1 aromatic rings. The van der Waals surface area contributed by atoms with Crippen LogP contribution in [0.5, 0.6) is 0 Å². The number of pyridine rings is 1. The summed E-state index contributed by atoms with van der Waals surface area (Å²) >= 11 is 3.44. The zero-order chi connectivity index (χ0) is 13.5. The second kappa shape index (κ2) is 7.82. The highest BCUT2D eigenvalue weighted by atomic mass is 79.9.